The van der Waals surface area contributed by atoms with Crippen LogP contribution in [0.4, 0.5) is 18.9 Å². The average molecular weight is 516 g/mol. The number of rotatable bonds is 4. The molecule has 3 unspecified atom stereocenters. The first kappa shape index (κ1) is 23.9. The molecule has 6 rings (SSSR count). The third kappa shape index (κ3) is 4.44. The number of imidazole rings is 1. The number of amides is 1. The molecule has 1 saturated heterocycles. The van der Waals surface area contributed by atoms with E-state index < -0.39 is 12.1 Å². The number of H-pyrrole nitrogens is 1. The van der Waals surface area contributed by atoms with Crippen LogP contribution in [-0.2, 0) is 0 Å². The molecule has 3 aliphatic rings. The van der Waals surface area contributed by atoms with Gasteiger partial charge in [0, 0.05) is 37.1 Å². The zero-order valence-corrected chi connectivity index (χ0v) is 20.1. The van der Waals surface area contributed by atoms with Crippen LogP contribution in [0.2, 0.25) is 0 Å². The number of nitrogen functional groups attached to an aromatic ring is 1. The number of piperidine rings is 1. The van der Waals surface area contributed by atoms with E-state index in [2.05, 4.69) is 20.8 Å². The first-order valence-corrected chi connectivity index (χ1v) is 12.7. The molecule has 3 N–H and O–H groups in total. The van der Waals surface area contributed by atoms with E-state index in [9.17, 15) is 22.8 Å². The lowest BCUT2D eigenvalue weighted by Crippen LogP contribution is -2.40. The lowest BCUT2D eigenvalue weighted by molar-refractivity contribution is -0.274. The van der Waals surface area contributed by atoms with Gasteiger partial charge in [0.05, 0.1) is 11.1 Å². The third-order valence-electron chi connectivity index (χ3n) is 8.36. The van der Waals surface area contributed by atoms with Crippen molar-refractivity contribution in [2.45, 2.75) is 56.8 Å². The number of anilines is 1. The molecule has 0 spiro atoms. The number of carbonyl (C=O) groups is 1. The Morgan fingerprint density at radius 2 is 1.89 bits per heavy atom. The highest BCUT2D eigenvalue weighted by Crippen LogP contribution is 2.52. The Morgan fingerprint density at radius 3 is 2.54 bits per heavy atom. The number of nitrogens with zero attached hydrogens (tertiary/aromatic N) is 3. The molecule has 2 aromatic heterocycles. The number of hydrogen-bond acceptors (Lipinski definition) is 5. The fraction of sp³-hybridized carbons (Fsp3) is 0.500. The summed E-state index contributed by atoms with van der Waals surface area (Å²) in [5, 5.41) is 0. The molecule has 196 valence electrons. The number of fused-ring (bicyclic) bond motifs is 3. The maximum Gasteiger partial charge on any atom is 0.573 e. The summed E-state index contributed by atoms with van der Waals surface area (Å²) >= 11 is 0. The van der Waals surface area contributed by atoms with Gasteiger partial charge in [-0.1, -0.05) is 6.42 Å². The van der Waals surface area contributed by atoms with Crippen molar-refractivity contribution < 1.29 is 22.7 Å². The predicted molar refractivity (Wildman–Crippen MR) is 130 cm³/mol. The number of benzene rings is 1. The zero-order chi connectivity index (χ0) is 25.9. The van der Waals surface area contributed by atoms with Crippen molar-refractivity contribution in [2.75, 3.05) is 18.8 Å². The molecule has 2 aliphatic carbocycles. The van der Waals surface area contributed by atoms with Crippen molar-refractivity contribution in [3.63, 3.8) is 0 Å². The lowest BCUT2D eigenvalue weighted by Gasteiger charge is -2.33. The van der Waals surface area contributed by atoms with Crippen LogP contribution in [0.25, 0.3) is 11.2 Å². The number of aromatic amines is 1. The van der Waals surface area contributed by atoms with Gasteiger partial charge in [-0.05, 0) is 73.6 Å². The Morgan fingerprint density at radius 1 is 1.11 bits per heavy atom. The number of halogens is 3. The van der Waals surface area contributed by atoms with Gasteiger partial charge in [0.15, 0.2) is 5.65 Å². The number of hydrogen-bond donors (Lipinski definition) is 2. The summed E-state index contributed by atoms with van der Waals surface area (Å²) in [6.45, 7) is 0.782. The molecule has 11 heteroatoms. The van der Waals surface area contributed by atoms with Crippen LogP contribution in [0, 0.1) is 11.8 Å². The van der Waals surface area contributed by atoms with Gasteiger partial charge in [-0.15, -0.1) is 13.2 Å². The summed E-state index contributed by atoms with van der Waals surface area (Å²) < 4.78 is 43.1. The van der Waals surface area contributed by atoms with E-state index in [-0.39, 0.29) is 28.9 Å². The maximum atomic E-state index is 13.0. The number of pyridine rings is 1. The quantitative estimate of drug-likeness (QED) is 0.495. The van der Waals surface area contributed by atoms with E-state index in [1.807, 2.05) is 6.20 Å². The number of alkyl halides is 3. The van der Waals surface area contributed by atoms with Gasteiger partial charge in [0.25, 0.3) is 5.91 Å². The molecule has 8 nitrogen and oxygen atoms in total. The molecule has 3 fully saturated rings. The molecule has 3 atom stereocenters. The van der Waals surface area contributed by atoms with Crippen LogP contribution >= 0.6 is 0 Å². The van der Waals surface area contributed by atoms with E-state index in [0.717, 1.165) is 23.6 Å². The second-order valence-electron chi connectivity index (χ2n) is 10.5. The van der Waals surface area contributed by atoms with E-state index in [0.29, 0.717) is 43.4 Å². The molecule has 1 aliphatic heterocycles. The van der Waals surface area contributed by atoms with E-state index in [1.54, 1.807) is 9.47 Å². The van der Waals surface area contributed by atoms with E-state index in [4.69, 9.17) is 5.73 Å². The summed E-state index contributed by atoms with van der Waals surface area (Å²) in [4.78, 5) is 35.0. The van der Waals surface area contributed by atoms with Gasteiger partial charge >= 0.3 is 12.1 Å². The van der Waals surface area contributed by atoms with Gasteiger partial charge in [0.1, 0.15) is 5.75 Å². The molecule has 2 bridgehead atoms. The molecule has 3 heterocycles. The van der Waals surface area contributed by atoms with Crippen LogP contribution in [-0.4, -0.2) is 44.8 Å². The van der Waals surface area contributed by atoms with Gasteiger partial charge in [-0.2, -0.15) is 0 Å². The van der Waals surface area contributed by atoms with Crippen molar-refractivity contribution >= 4 is 22.8 Å². The second kappa shape index (κ2) is 8.81. The molecule has 2 saturated carbocycles. The van der Waals surface area contributed by atoms with Crippen LogP contribution in [0.15, 0.2) is 35.3 Å². The van der Waals surface area contributed by atoms with Crippen molar-refractivity contribution in [1.29, 1.82) is 0 Å². The predicted octanol–water partition coefficient (Wildman–Crippen LogP) is 4.59. The number of aromatic nitrogens is 3. The van der Waals surface area contributed by atoms with Crippen molar-refractivity contribution in [1.82, 2.24) is 19.4 Å². The van der Waals surface area contributed by atoms with Crippen molar-refractivity contribution in [3.8, 4) is 5.75 Å². The summed E-state index contributed by atoms with van der Waals surface area (Å²) in [6, 6.07) is 5.35. The van der Waals surface area contributed by atoms with Gasteiger partial charge < -0.3 is 15.4 Å². The largest absolute Gasteiger partial charge is 0.573 e. The first-order valence-electron chi connectivity index (χ1n) is 12.7. The highest BCUT2D eigenvalue weighted by Gasteiger charge is 2.40. The Kier molecular flexibility index (Phi) is 5.68. The van der Waals surface area contributed by atoms with Crippen molar-refractivity contribution in [3.05, 3.63) is 52.1 Å². The first-order chi connectivity index (χ1) is 17.7. The highest BCUT2D eigenvalue weighted by atomic mass is 19.4. The minimum atomic E-state index is -4.84. The number of likely N-dealkylation sites (tertiary alicyclic amines) is 1. The van der Waals surface area contributed by atoms with Crippen molar-refractivity contribution in [2.24, 2.45) is 11.8 Å². The smallest absolute Gasteiger partial charge is 0.406 e. The minimum Gasteiger partial charge on any atom is -0.406 e. The Bertz CT molecular complexity index is 1410. The van der Waals surface area contributed by atoms with E-state index >= 15 is 0 Å². The summed E-state index contributed by atoms with van der Waals surface area (Å²) in [5.41, 5.74) is 8.29. The van der Waals surface area contributed by atoms with Gasteiger partial charge in [-0.3, -0.25) is 14.3 Å². The number of nitrogens with two attached hydrogens (primary N) is 1. The Hall–Kier alpha value is -3.50. The molecular weight excluding hydrogens is 487 g/mol. The normalized spacial score (nSPS) is 24.2. The average Bonchev–Trinajstić information content (AvgIpc) is 3.56. The van der Waals surface area contributed by atoms with Gasteiger partial charge in [-0.25, -0.2) is 9.78 Å². The standard InChI is InChI=1S/C26H28F3N5O3/c27-26(28,29)37-18-3-4-19(21(30)12-18)24(35)33-7-5-17(6-8-33)34-22-11-16(13-31-23(22)32-25(34)36)20-10-14-1-2-15(20)9-14/h3-4,11-15,17,20H,1-2,5-10,30H2,(H,31,32,36). The van der Waals surface area contributed by atoms with Crippen LogP contribution < -0.4 is 16.2 Å². The van der Waals surface area contributed by atoms with Crippen LogP contribution in [0.3, 0.4) is 0 Å². The second-order valence-corrected chi connectivity index (χ2v) is 10.5. The molecule has 1 aromatic carbocycles. The van der Waals surface area contributed by atoms with E-state index in [1.165, 1.54) is 37.3 Å². The minimum absolute atomic E-state index is 0.0825. The fourth-order valence-corrected chi connectivity index (χ4v) is 6.67. The lowest BCUT2D eigenvalue weighted by atomic mass is 9.84. The third-order valence-corrected chi connectivity index (χ3v) is 8.36. The summed E-state index contributed by atoms with van der Waals surface area (Å²) in [5.74, 6) is 1.19. The molecule has 37 heavy (non-hydrogen) atoms. The topological polar surface area (TPSA) is 106 Å². The number of ether oxygens (including phenoxy) is 1. The molecule has 1 amide bonds. The number of nitrogens with one attached hydrogen (secondary N) is 1. The summed E-state index contributed by atoms with van der Waals surface area (Å²) in [7, 11) is 0. The Labute approximate surface area is 210 Å². The molecule has 0 radical (unpaired) electrons. The number of carbonyl (C=O) groups excluding carboxylic acids is 1. The molecule has 3 aromatic rings. The Balaban J connectivity index is 1.17. The molecular formula is C26H28F3N5O3. The fourth-order valence-electron chi connectivity index (χ4n) is 6.67. The van der Waals surface area contributed by atoms with Gasteiger partial charge in [0.2, 0.25) is 0 Å². The van der Waals surface area contributed by atoms with Crippen LogP contribution in [0.5, 0.6) is 5.75 Å². The van der Waals surface area contributed by atoms with Crippen LogP contribution in [0.1, 0.15) is 66.4 Å². The maximum absolute atomic E-state index is 13.0. The highest BCUT2D eigenvalue weighted by molar-refractivity contribution is 5.99. The zero-order valence-electron chi connectivity index (χ0n) is 20.1. The monoisotopic (exact) mass is 515 g/mol. The SMILES string of the molecule is Nc1cc(OC(F)(F)F)ccc1C(=O)N1CCC(n2c(=O)[nH]c3ncc(C4CC5CCC4C5)cc32)CC1. The summed E-state index contributed by atoms with van der Waals surface area (Å²) in [6.07, 6.45) is 3.26.